The molecule has 0 saturated carbocycles. The molecule has 0 N–H and O–H groups in total. The molecule has 1 heterocycles. The van der Waals surface area contributed by atoms with Crippen LogP contribution in [-0.4, -0.2) is 28.8 Å². The summed E-state index contributed by atoms with van der Waals surface area (Å²) >= 11 is 0. The minimum Gasteiger partial charge on any atom is -0.299 e. The Balaban J connectivity index is 1.98. The number of halogens is 2. The van der Waals surface area contributed by atoms with Crippen LogP contribution in [-0.2, 0) is 6.54 Å². The third-order valence-corrected chi connectivity index (χ3v) is 3.12. The van der Waals surface area contributed by atoms with Crippen LogP contribution in [0, 0.1) is 10.1 Å². The van der Waals surface area contributed by atoms with Crippen LogP contribution >= 0.6 is 0 Å². The van der Waals surface area contributed by atoms with Gasteiger partial charge in [0.1, 0.15) is 0 Å². The zero-order valence-electron chi connectivity index (χ0n) is 9.81. The van der Waals surface area contributed by atoms with Gasteiger partial charge >= 0.3 is 0 Å². The molecule has 1 aromatic carbocycles. The summed E-state index contributed by atoms with van der Waals surface area (Å²) in [6, 6.07) is 6.31. The second-order valence-electron chi connectivity index (χ2n) is 4.56. The molecule has 0 bridgehead atoms. The van der Waals surface area contributed by atoms with Crippen molar-refractivity contribution in [3.8, 4) is 0 Å². The minimum absolute atomic E-state index is 0.0369. The highest BCUT2D eigenvalue weighted by Crippen LogP contribution is 2.28. The molecule has 6 heteroatoms. The lowest BCUT2D eigenvalue weighted by Crippen LogP contribution is -2.38. The topological polar surface area (TPSA) is 46.4 Å². The molecular formula is C12H14F2N2O2. The van der Waals surface area contributed by atoms with Crippen molar-refractivity contribution in [2.45, 2.75) is 25.3 Å². The highest BCUT2D eigenvalue weighted by atomic mass is 19.3. The zero-order valence-corrected chi connectivity index (χ0v) is 9.81. The summed E-state index contributed by atoms with van der Waals surface area (Å²) in [4.78, 5) is 12.1. The molecule has 0 spiro atoms. The van der Waals surface area contributed by atoms with E-state index in [-0.39, 0.29) is 18.5 Å². The molecule has 0 aliphatic carbocycles. The number of hydrogen-bond donors (Lipinski definition) is 0. The summed E-state index contributed by atoms with van der Waals surface area (Å²) < 4.78 is 25.9. The lowest BCUT2D eigenvalue weighted by Gasteiger charge is -2.31. The standard InChI is InChI=1S/C12H14F2N2O2/c13-12(14)4-6-15(7-5-12)9-10-2-1-3-11(8-10)16(17)18/h1-3,8H,4-7,9H2. The first-order valence-corrected chi connectivity index (χ1v) is 5.80. The Bertz CT molecular complexity index is 441. The summed E-state index contributed by atoms with van der Waals surface area (Å²) in [5, 5.41) is 10.6. The Kier molecular flexibility index (Phi) is 3.56. The van der Waals surface area contributed by atoms with Gasteiger partial charge in [0.2, 0.25) is 0 Å². The molecule has 0 atom stereocenters. The molecule has 4 nitrogen and oxygen atoms in total. The monoisotopic (exact) mass is 256 g/mol. The number of benzene rings is 1. The van der Waals surface area contributed by atoms with Gasteiger partial charge in [-0.25, -0.2) is 8.78 Å². The molecule has 0 amide bonds. The Hall–Kier alpha value is -1.56. The predicted molar refractivity (Wildman–Crippen MR) is 62.6 cm³/mol. The van der Waals surface area contributed by atoms with Crippen molar-refractivity contribution in [3.05, 3.63) is 39.9 Å². The molecule has 1 aliphatic heterocycles. The van der Waals surface area contributed by atoms with Crippen molar-refractivity contribution >= 4 is 5.69 Å². The van der Waals surface area contributed by atoms with Crippen molar-refractivity contribution in [1.29, 1.82) is 0 Å². The fraction of sp³-hybridized carbons (Fsp3) is 0.500. The Morgan fingerprint density at radius 2 is 2.00 bits per heavy atom. The highest BCUT2D eigenvalue weighted by Gasteiger charge is 2.33. The first kappa shape index (κ1) is 12.9. The van der Waals surface area contributed by atoms with E-state index in [1.54, 1.807) is 12.1 Å². The molecule has 0 unspecified atom stereocenters. The lowest BCUT2D eigenvalue weighted by molar-refractivity contribution is -0.384. The first-order chi connectivity index (χ1) is 8.46. The van der Waals surface area contributed by atoms with E-state index in [1.165, 1.54) is 12.1 Å². The van der Waals surface area contributed by atoms with Gasteiger partial charge in [0.25, 0.3) is 11.6 Å². The number of piperidine rings is 1. The summed E-state index contributed by atoms with van der Waals surface area (Å²) in [7, 11) is 0. The third kappa shape index (κ3) is 3.22. The second-order valence-corrected chi connectivity index (χ2v) is 4.56. The van der Waals surface area contributed by atoms with Gasteiger partial charge in [-0.2, -0.15) is 0 Å². The van der Waals surface area contributed by atoms with Crippen LogP contribution in [0.1, 0.15) is 18.4 Å². The van der Waals surface area contributed by atoms with E-state index in [2.05, 4.69) is 0 Å². The van der Waals surface area contributed by atoms with Gasteiger partial charge in [0.05, 0.1) is 4.92 Å². The maximum absolute atomic E-state index is 13.0. The Morgan fingerprint density at radius 3 is 2.61 bits per heavy atom. The van der Waals surface area contributed by atoms with E-state index >= 15 is 0 Å². The number of nitrogens with zero attached hydrogens (tertiary/aromatic N) is 2. The van der Waals surface area contributed by atoms with Crippen molar-refractivity contribution < 1.29 is 13.7 Å². The molecule has 1 aliphatic rings. The number of nitro benzene ring substituents is 1. The fourth-order valence-corrected chi connectivity index (χ4v) is 2.06. The van der Waals surface area contributed by atoms with Gasteiger partial charge in [0, 0.05) is 44.6 Å². The first-order valence-electron chi connectivity index (χ1n) is 5.80. The largest absolute Gasteiger partial charge is 0.299 e. The van der Waals surface area contributed by atoms with E-state index in [0.717, 1.165) is 5.56 Å². The number of rotatable bonds is 3. The summed E-state index contributed by atoms with van der Waals surface area (Å²) in [6.45, 7) is 1.14. The van der Waals surface area contributed by atoms with E-state index < -0.39 is 10.8 Å². The number of alkyl halides is 2. The van der Waals surface area contributed by atoms with Gasteiger partial charge in [-0.1, -0.05) is 12.1 Å². The molecule has 1 saturated heterocycles. The smallest absolute Gasteiger partial charge is 0.269 e. The van der Waals surface area contributed by atoms with E-state index in [4.69, 9.17) is 0 Å². The third-order valence-electron chi connectivity index (χ3n) is 3.12. The average Bonchev–Trinajstić information content (AvgIpc) is 2.32. The molecule has 2 rings (SSSR count). The summed E-state index contributed by atoms with van der Waals surface area (Å²) in [5.41, 5.74) is 0.823. The molecule has 0 aromatic heterocycles. The molecular weight excluding hydrogens is 242 g/mol. The number of hydrogen-bond acceptors (Lipinski definition) is 3. The van der Waals surface area contributed by atoms with Crippen LogP contribution in [0.15, 0.2) is 24.3 Å². The van der Waals surface area contributed by atoms with E-state index in [1.807, 2.05) is 4.90 Å². The molecule has 0 radical (unpaired) electrons. The van der Waals surface area contributed by atoms with Gasteiger partial charge in [-0.05, 0) is 5.56 Å². The molecule has 98 valence electrons. The van der Waals surface area contributed by atoms with Crippen LogP contribution in [0.3, 0.4) is 0 Å². The fourth-order valence-electron chi connectivity index (χ4n) is 2.06. The van der Waals surface area contributed by atoms with Crippen LogP contribution < -0.4 is 0 Å². The van der Waals surface area contributed by atoms with Gasteiger partial charge in [-0.15, -0.1) is 0 Å². The second kappa shape index (κ2) is 4.97. The van der Waals surface area contributed by atoms with Crippen LogP contribution in [0.5, 0.6) is 0 Å². The molecule has 1 fully saturated rings. The normalized spacial score (nSPS) is 19.7. The zero-order chi connectivity index (χ0) is 13.2. The number of nitro groups is 1. The quantitative estimate of drug-likeness (QED) is 0.617. The van der Waals surface area contributed by atoms with Crippen molar-refractivity contribution in [3.63, 3.8) is 0 Å². The van der Waals surface area contributed by atoms with E-state index in [9.17, 15) is 18.9 Å². The maximum Gasteiger partial charge on any atom is 0.269 e. The molecule has 1 aromatic rings. The van der Waals surface area contributed by atoms with Crippen LogP contribution in [0.25, 0.3) is 0 Å². The van der Waals surface area contributed by atoms with Gasteiger partial charge in [-0.3, -0.25) is 15.0 Å². The maximum atomic E-state index is 13.0. The van der Waals surface area contributed by atoms with Gasteiger partial charge in [0.15, 0.2) is 0 Å². The molecule has 18 heavy (non-hydrogen) atoms. The number of likely N-dealkylation sites (tertiary alicyclic amines) is 1. The Labute approximate surface area is 103 Å². The van der Waals surface area contributed by atoms with Crippen LogP contribution in [0.2, 0.25) is 0 Å². The highest BCUT2D eigenvalue weighted by molar-refractivity contribution is 5.34. The number of non-ortho nitro benzene ring substituents is 1. The summed E-state index contributed by atoms with van der Waals surface area (Å²) in [6.07, 6.45) is -0.274. The summed E-state index contributed by atoms with van der Waals surface area (Å²) in [5.74, 6) is -2.56. The van der Waals surface area contributed by atoms with Crippen molar-refractivity contribution in [2.24, 2.45) is 0 Å². The minimum atomic E-state index is -2.56. The predicted octanol–water partition coefficient (Wildman–Crippen LogP) is 2.83. The average molecular weight is 256 g/mol. The Morgan fingerprint density at radius 1 is 1.33 bits per heavy atom. The van der Waals surface area contributed by atoms with Crippen molar-refractivity contribution in [1.82, 2.24) is 4.90 Å². The van der Waals surface area contributed by atoms with Crippen molar-refractivity contribution in [2.75, 3.05) is 13.1 Å². The SMILES string of the molecule is O=[N+]([O-])c1cccc(CN2CCC(F)(F)CC2)c1. The van der Waals surface area contributed by atoms with E-state index in [0.29, 0.717) is 19.6 Å². The van der Waals surface area contributed by atoms with Crippen LogP contribution in [0.4, 0.5) is 14.5 Å². The van der Waals surface area contributed by atoms with Gasteiger partial charge < -0.3 is 0 Å². The lowest BCUT2D eigenvalue weighted by atomic mass is 10.1.